The minimum Gasteiger partial charge on any atom is -0.352 e. The summed E-state index contributed by atoms with van der Waals surface area (Å²) < 4.78 is 0. The van der Waals surface area contributed by atoms with E-state index >= 15 is 0 Å². The van der Waals surface area contributed by atoms with E-state index in [2.05, 4.69) is 15.6 Å². The molecule has 2 aromatic rings. The van der Waals surface area contributed by atoms with Crippen LogP contribution in [0.5, 0.6) is 0 Å². The molecule has 1 aliphatic rings. The zero-order valence-corrected chi connectivity index (χ0v) is 13.6. The van der Waals surface area contributed by atoms with E-state index in [1.54, 1.807) is 30.5 Å². The molecule has 0 radical (unpaired) electrons. The van der Waals surface area contributed by atoms with E-state index in [1.807, 2.05) is 18.2 Å². The van der Waals surface area contributed by atoms with Crippen molar-refractivity contribution in [2.24, 2.45) is 0 Å². The molecule has 0 atom stereocenters. The molecule has 25 heavy (non-hydrogen) atoms. The third-order valence-corrected chi connectivity index (χ3v) is 3.92. The Bertz CT molecular complexity index is 776. The summed E-state index contributed by atoms with van der Waals surface area (Å²) in [5, 5.41) is 5.32. The number of hydrogen-bond donors (Lipinski definition) is 2. The molecule has 1 fully saturated rings. The second-order valence-electron chi connectivity index (χ2n) is 5.62. The van der Waals surface area contributed by atoms with E-state index in [0.717, 1.165) is 10.6 Å². The van der Waals surface area contributed by atoms with Crippen LogP contribution in [-0.2, 0) is 17.8 Å². The van der Waals surface area contributed by atoms with Crippen molar-refractivity contribution < 1.29 is 14.4 Å². The molecular weight excluding hydrogens is 320 g/mol. The Morgan fingerprint density at radius 2 is 1.96 bits per heavy atom. The molecule has 0 bridgehead atoms. The average Bonchev–Trinajstić information content (AvgIpc) is 2.95. The number of pyridine rings is 1. The summed E-state index contributed by atoms with van der Waals surface area (Å²) in [5.74, 6) is -0.533. The first kappa shape index (κ1) is 16.6. The van der Waals surface area contributed by atoms with Gasteiger partial charge in [0.2, 0.25) is 5.91 Å². The van der Waals surface area contributed by atoms with E-state index in [9.17, 15) is 14.4 Å². The largest absolute Gasteiger partial charge is 0.352 e. The van der Waals surface area contributed by atoms with Crippen molar-refractivity contribution in [2.45, 2.75) is 13.0 Å². The van der Waals surface area contributed by atoms with Gasteiger partial charge in [0.1, 0.15) is 0 Å². The summed E-state index contributed by atoms with van der Waals surface area (Å²) in [6.07, 6.45) is 2.34. The van der Waals surface area contributed by atoms with Crippen LogP contribution in [0.1, 0.15) is 21.6 Å². The number of amides is 4. The third-order valence-electron chi connectivity index (χ3n) is 3.92. The number of rotatable bonds is 6. The van der Waals surface area contributed by atoms with Gasteiger partial charge in [0.25, 0.3) is 5.91 Å². The molecule has 7 heteroatoms. The van der Waals surface area contributed by atoms with Gasteiger partial charge in [-0.2, -0.15) is 0 Å². The second-order valence-corrected chi connectivity index (χ2v) is 5.62. The Morgan fingerprint density at radius 3 is 2.68 bits per heavy atom. The molecule has 0 saturated carbocycles. The number of nitrogens with one attached hydrogen (secondary N) is 2. The molecule has 1 aliphatic heterocycles. The zero-order chi connectivity index (χ0) is 17.6. The molecule has 4 amide bonds. The standard InChI is InChI=1S/C18H18N4O3/c23-16-11-21-18(25)22(16)12-13-5-1-2-7-15(13)17(24)20-10-8-14-6-3-4-9-19-14/h1-7,9H,8,10-12H2,(H,20,24)(H,21,25). The Morgan fingerprint density at radius 1 is 1.16 bits per heavy atom. The van der Waals surface area contributed by atoms with Gasteiger partial charge < -0.3 is 10.6 Å². The normalized spacial score (nSPS) is 13.7. The summed E-state index contributed by atoms with van der Waals surface area (Å²) in [6.45, 7) is 0.527. The maximum Gasteiger partial charge on any atom is 0.324 e. The fourth-order valence-electron chi connectivity index (χ4n) is 2.61. The van der Waals surface area contributed by atoms with E-state index < -0.39 is 6.03 Å². The number of imide groups is 1. The van der Waals surface area contributed by atoms with Crippen LogP contribution in [0.3, 0.4) is 0 Å². The molecule has 7 nitrogen and oxygen atoms in total. The molecule has 2 N–H and O–H groups in total. The van der Waals surface area contributed by atoms with Crippen molar-refractivity contribution in [3.63, 3.8) is 0 Å². The highest BCUT2D eigenvalue weighted by Crippen LogP contribution is 2.14. The summed E-state index contributed by atoms with van der Waals surface area (Å²) in [4.78, 5) is 41.2. The van der Waals surface area contributed by atoms with Gasteiger partial charge in [-0.3, -0.25) is 19.5 Å². The van der Waals surface area contributed by atoms with Crippen LogP contribution < -0.4 is 10.6 Å². The Kier molecular flexibility index (Phi) is 5.03. The first-order valence-corrected chi connectivity index (χ1v) is 7.99. The van der Waals surface area contributed by atoms with Crippen LogP contribution in [-0.4, -0.2) is 40.8 Å². The lowest BCUT2D eigenvalue weighted by atomic mass is 10.1. The monoisotopic (exact) mass is 338 g/mol. The van der Waals surface area contributed by atoms with Gasteiger partial charge in [-0.25, -0.2) is 4.79 Å². The number of benzene rings is 1. The summed E-state index contributed by atoms with van der Waals surface area (Å²) in [5.41, 5.74) is 1.98. The number of hydrogen-bond acceptors (Lipinski definition) is 4. The predicted molar refractivity (Wildman–Crippen MR) is 90.7 cm³/mol. The smallest absolute Gasteiger partial charge is 0.324 e. The van der Waals surface area contributed by atoms with Crippen molar-refractivity contribution >= 4 is 17.8 Å². The number of carbonyl (C=O) groups excluding carboxylic acids is 3. The van der Waals surface area contributed by atoms with Crippen LogP contribution in [0.2, 0.25) is 0 Å². The molecule has 1 saturated heterocycles. The molecule has 2 heterocycles. The van der Waals surface area contributed by atoms with Crippen molar-refractivity contribution in [1.82, 2.24) is 20.5 Å². The minimum absolute atomic E-state index is 0.00271. The number of aromatic nitrogens is 1. The Hall–Kier alpha value is -3.22. The van der Waals surface area contributed by atoms with E-state index in [-0.39, 0.29) is 24.9 Å². The fraction of sp³-hybridized carbons (Fsp3) is 0.222. The first-order chi connectivity index (χ1) is 12.1. The van der Waals surface area contributed by atoms with Crippen LogP contribution in [0, 0.1) is 0 Å². The van der Waals surface area contributed by atoms with Crippen molar-refractivity contribution in [2.75, 3.05) is 13.1 Å². The van der Waals surface area contributed by atoms with Gasteiger partial charge in [0.15, 0.2) is 0 Å². The van der Waals surface area contributed by atoms with Crippen molar-refractivity contribution in [3.05, 3.63) is 65.5 Å². The molecule has 128 valence electrons. The molecule has 0 spiro atoms. The van der Waals surface area contributed by atoms with Crippen molar-refractivity contribution in [1.29, 1.82) is 0 Å². The van der Waals surface area contributed by atoms with E-state index in [1.165, 1.54) is 0 Å². The maximum absolute atomic E-state index is 12.5. The summed E-state index contributed by atoms with van der Waals surface area (Å²) >= 11 is 0. The number of nitrogens with zero attached hydrogens (tertiary/aromatic N) is 2. The quantitative estimate of drug-likeness (QED) is 0.772. The summed E-state index contributed by atoms with van der Waals surface area (Å²) in [7, 11) is 0. The first-order valence-electron chi connectivity index (χ1n) is 7.99. The highest BCUT2D eigenvalue weighted by atomic mass is 16.2. The molecule has 0 aliphatic carbocycles. The van der Waals surface area contributed by atoms with Gasteiger partial charge in [0.05, 0.1) is 13.1 Å². The highest BCUT2D eigenvalue weighted by Gasteiger charge is 2.29. The van der Waals surface area contributed by atoms with Crippen LogP contribution in [0.4, 0.5) is 4.79 Å². The van der Waals surface area contributed by atoms with Gasteiger partial charge in [-0.1, -0.05) is 24.3 Å². The highest BCUT2D eigenvalue weighted by molar-refractivity contribution is 6.02. The van der Waals surface area contributed by atoms with Gasteiger partial charge in [0, 0.05) is 30.4 Å². The SMILES string of the molecule is O=C(NCCc1ccccn1)c1ccccc1CN1C(=O)CNC1=O. The molecule has 0 unspecified atom stereocenters. The van der Waals surface area contributed by atoms with Gasteiger partial charge >= 0.3 is 6.03 Å². The Labute approximate surface area is 145 Å². The van der Waals surface area contributed by atoms with Gasteiger partial charge in [-0.05, 0) is 23.8 Å². The topological polar surface area (TPSA) is 91.4 Å². The number of urea groups is 1. The lowest BCUT2D eigenvalue weighted by molar-refractivity contribution is -0.125. The zero-order valence-electron chi connectivity index (χ0n) is 13.6. The van der Waals surface area contributed by atoms with E-state index in [0.29, 0.717) is 24.1 Å². The van der Waals surface area contributed by atoms with Crippen LogP contribution in [0.25, 0.3) is 0 Å². The van der Waals surface area contributed by atoms with Crippen LogP contribution >= 0.6 is 0 Å². The predicted octanol–water partition coefficient (Wildman–Crippen LogP) is 1.11. The van der Waals surface area contributed by atoms with Gasteiger partial charge in [-0.15, -0.1) is 0 Å². The number of carbonyl (C=O) groups is 3. The second kappa shape index (κ2) is 7.57. The van der Waals surface area contributed by atoms with Crippen LogP contribution in [0.15, 0.2) is 48.7 Å². The van der Waals surface area contributed by atoms with Crippen molar-refractivity contribution in [3.8, 4) is 0 Å². The minimum atomic E-state index is -0.435. The molecule has 1 aromatic heterocycles. The lowest BCUT2D eigenvalue weighted by Gasteiger charge is -2.15. The van der Waals surface area contributed by atoms with E-state index in [4.69, 9.17) is 0 Å². The molecule has 1 aromatic carbocycles. The summed E-state index contributed by atoms with van der Waals surface area (Å²) in [6, 6.07) is 12.2. The average molecular weight is 338 g/mol. The maximum atomic E-state index is 12.5. The lowest BCUT2D eigenvalue weighted by Crippen LogP contribution is -2.32. The Balaban J connectivity index is 1.64. The molecule has 3 rings (SSSR count). The fourth-order valence-corrected chi connectivity index (χ4v) is 2.61. The molecular formula is C18H18N4O3. The third kappa shape index (κ3) is 4.00.